The second-order valence-electron chi connectivity index (χ2n) is 7.35. The van der Waals surface area contributed by atoms with Crippen molar-refractivity contribution in [2.24, 2.45) is 5.92 Å². The van der Waals surface area contributed by atoms with Crippen LogP contribution in [-0.2, 0) is 9.53 Å². The number of amides is 1. The van der Waals surface area contributed by atoms with E-state index >= 15 is 0 Å². The standard InChI is InChI=1S/C20H31N3O2/c1-16-9-12-23(13-10-16)18-6-4-17(5-7-18)22-20(24)8-11-21-15-19-3-2-14-25-19/h4-7,16,19,21H,2-3,8-15H2,1H3,(H,22,24). The summed E-state index contributed by atoms with van der Waals surface area (Å²) in [6, 6.07) is 8.23. The van der Waals surface area contributed by atoms with Gasteiger partial charge in [-0.25, -0.2) is 0 Å². The van der Waals surface area contributed by atoms with Crippen molar-refractivity contribution >= 4 is 17.3 Å². The zero-order valence-corrected chi connectivity index (χ0v) is 15.3. The van der Waals surface area contributed by atoms with Gasteiger partial charge in [-0.05, 0) is 55.9 Å². The topological polar surface area (TPSA) is 53.6 Å². The van der Waals surface area contributed by atoms with Crippen LogP contribution in [0.3, 0.4) is 0 Å². The van der Waals surface area contributed by atoms with Crippen LogP contribution in [-0.4, -0.2) is 44.8 Å². The molecule has 1 aromatic rings. The molecule has 0 aliphatic carbocycles. The van der Waals surface area contributed by atoms with Crippen molar-refractivity contribution in [2.45, 2.75) is 45.1 Å². The van der Waals surface area contributed by atoms with E-state index in [2.05, 4.69) is 34.6 Å². The average molecular weight is 345 g/mol. The van der Waals surface area contributed by atoms with Crippen molar-refractivity contribution in [3.8, 4) is 0 Å². The van der Waals surface area contributed by atoms with Gasteiger partial charge in [0.2, 0.25) is 5.91 Å². The van der Waals surface area contributed by atoms with Crippen LogP contribution in [0, 0.1) is 5.92 Å². The summed E-state index contributed by atoms with van der Waals surface area (Å²) >= 11 is 0. The van der Waals surface area contributed by atoms with Crippen LogP contribution >= 0.6 is 0 Å². The van der Waals surface area contributed by atoms with Gasteiger partial charge in [0.15, 0.2) is 0 Å². The summed E-state index contributed by atoms with van der Waals surface area (Å²) in [5.74, 6) is 0.892. The first-order valence-corrected chi connectivity index (χ1v) is 9.68. The van der Waals surface area contributed by atoms with Crippen molar-refractivity contribution in [3.63, 3.8) is 0 Å². The molecule has 5 nitrogen and oxygen atoms in total. The zero-order chi connectivity index (χ0) is 17.5. The summed E-state index contributed by atoms with van der Waals surface area (Å²) in [6.07, 6.45) is 5.61. The molecular weight excluding hydrogens is 314 g/mol. The van der Waals surface area contributed by atoms with E-state index in [1.165, 1.54) is 18.5 Å². The van der Waals surface area contributed by atoms with Crippen LogP contribution < -0.4 is 15.5 Å². The van der Waals surface area contributed by atoms with Gasteiger partial charge in [0.25, 0.3) is 0 Å². The number of ether oxygens (including phenoxy) is 1. The molecule has 2 saturated heterocycles. The minimum Gasteiger partial charge on any atom is -0.377 e. The SMILES string of the molecule is CC1CCN(c2ccc(NC(=O)CCNCC3CCCO3)cc2)CC1. The molecule has 2 heterocycles. The molecule has 1 atom stereocenters. The third-order valence-corrected chi connectivity index (χ3v) is 5.22. The van der Waals surface area contributed by atoms with E-state index in [0.29, 0.717) is 19.1 Å². The van der Waals surface area contributed by atoms with Crippen LogP contribution in [0.1, 0.15) is 39.0 Å². The number of benzene rings is 1. The maximum atomic E-state index is 12.0. The molecule has 2 fully saturated rings. The number of nitrogens with zero attached hydrogens (tertiary/aromatic N) is 1. The Hall–Kier alpha value is -1.59. The number of hydrogen-bond acceptors (Lipinski definition) is 4. The average Bonchev–Trinajstić information content (AvgIpc) is 3.14. The molecule has 0 saturated carbocycles. The maximum Gasteiger partial charge on any atom is 0.225 e. The van der Waals surface area contributed by atoms with E-state index < -0.39 is 0 Å². The Morgan fingerprint density at radius 2 is 1.96 bits per heavy atom. The van der Waals surface area contributed by atoms with Crippen LogP contribution in [0.2, 0.25) is 0 Å². The highest BCUT2D eigenvalue weighted by atomic mass is 16.5. The predicted molar refractivity (Wildman–Crippen MR) is 102 cm³/mol. The molecule has 25 heavy (non-hydrogen) atoms. The minimum absolute atomic E-state index is 0.0550. The number of carbonyl (C=O) groups excluding carboxylic acids is 1. The van der Waals surface area contributed by atoms with Crippen LogP contribution in [0.25, 0.3) is 0 Å². The lowest BCUT2D eigenvalue weighted by Gasteiger charge is -2.32. The summed E-state index contributed by atoms with van der Waals surface area (Å²) in [5.41, 5.74) is 2.13. The number of hydrogen-bond donors (Lipinski definition) is 2. The molecule has 138 valence electrons. The van der Waals surface area contributed by atoms with E-state index in [1.54, 1.807) is 0 Å². The molecule has 2 aliphatic heterocycles. The van der Waals surface area contributed by atoms with E-state index in [0.717, 1.165) is 50.7 Å². The first kappa shape index (κ1) is 18.2. The molecular formula is C20H31N3O2. The largest absolute Gasteiger partial charge is 0.377 e. The second kappa shape index (κ2) is 9.20. The molecule has 2 aliphatic rings. The number of anilines is 2. The van der Waals surface area contributed by atoms with Crippen LogP contribution in [0.15, 0.2) is 24.3 Å². The molecule has 1 amide bonds. The Labute approximate surface area is 151 Å². The van der Waals surface area contributed by atoms with E-state index in [4.69, 9.17) is 4.74 Å². The fourth-order valence-electron chi connectivity index (χ4n) is 3.52. The third-order valence-electron chi connectivity index (χ3n) is 5.22. The van der Waals surface area contributed by atoms with E-state index in [9.17, 15) is 4.79 Å². The summed E-state index contributed by atoms with van der Waals surface area (Å²) in [4.78, 5) is 14.5. The van der Waals surface area contributed by atoms with Crippen LogP contribution in [0.4, 0.5) is 11.4 Å². The number of piperidine rings is 1. The normalized spacial score (nSPS) is 21.5. The first-order valence-electron chi connectivity index (χ1n) is 9.68. The van der Waals surface area contributed by atoms with Gasteiger partial charge in [-0.3, -0.25) is 4.79 Å². The van der Waals surface area contributed by atoms with Gasteiger partial charge in [0.1, 0.15) is 0 Å². The van der Waals surface area contributed by atoms with Gasteiger partial charge in [-0.15, -0.1) is 0 Å². The number of carbonyl (C=O) groups is 1. The highest BCUT2D eigenvalue weighted by Gasteiger charge is 2.16. The van der Waals surface area contributed by atoms with Crippen molar-refractivity contribution in [1.82, 2.24) is 5.32 Å². The lowest BCUT2D eigenvalue weighted by Crippen LogP contribution is -2.32. The molecule has 3 rings (SSSR count). The third kappa shape index (κ3) is 5.72. The van der Waals surface area contributed by atoms with Gasteiger partial charge >= 0.3 is 0 Å². The van der Waals surface area contributed by atoms with Crippen molar-refractivity contribution in [3.05, 3.63) is 24.3 Å². The molecule has 5 heteroatoms. The van der Waals surface area contributed by atoms with Crippen molar-refractivity contribution in [1.29, 1.82) is 0 Å². The highest BCUT2D eigenvalue weighted by Crippen LogP contribution is 2.24. The van der Waals surface area contributed by atoms with Gasteiger partial charge in [0, 0.05) is 50.6 Å². The van der Waals surface area contributed by atoms with Gasteiger partial charge < -0.3 is 20.3 Å². The lowest BCUT2D eigenvalue weighted by molar-refractivity contribution is -0.116. The van der Waals surface area contributed by atoms with Crippen molar-refractivity contribution < 1.29 is 9.53 Å². The first-order chi connectivity index (χ1) is 12.2. The zero-order valence-electron chi connectivity index (χ0n) is 15.3. The smallest absolute Gasteiger partial charge is 0.225 e. The van der Waals surface area contributed by atoms with E-state index in [-0.39, 0.29) is 5.91 Å². The predicted octanol–water partition coefficient (Wildman–Crippen LogP) is 3.02. The maximum absolute atomic E-state index is 12.0. The molecule has 0 spiro atoms. The van der Waals surface area contributed by atoms with E-state index in [1.807, 2.05) is 12.1 Å². The number of nitrogens with one attached hydrogen (secondary N) is 2. The molecule has 1 unspecified atom stereocenters. The molecule has 0 aromatic heterocycles. The Morgan fingerprint density at radius 1 is 1.20 bits per heavy atom. The highest BCUT2D eigenvalue weighted by molar-refractivity contribution is 5.91. The number of rotatable bonds is 7. The van der Waals surface area contributed by atoms with Gasteiger partial charge in [0.05, 0.1) is 6.10 Å². The van der Waals surface area contributed by atoms with Crippen LogP contribution in [0.5, 0.6) is 0 Å². The summed E-state index contributed by atoms with van der Waals surface area (Å²) in [6.45, 7) is 6.99. The molecule has 0 radical (unpaired) electrons. The summed E-state index contributed by atoms with van der Waals surface area (Å²) in [5, 5.41) is 6.29. The van der Waals surface area contributed by atoms with Gasteiger partial charge in [-0.1, -0.05) is 6.92 Å². The minimum atomic E-state index is 0.0550. The fourth-order valence-corrected chi connectivity index (χ4v) is 3.52. The summed E-state index contributed by atoms with van der Waals surface area (Å²) < 4.78 is 5.56. The van der Waals surface area contributed by atoms with Gasteiger partial charge in [-0.2, -0.15) is 0 Å². The molecule has 2 N–H and O–H groups in total. The van der Waals surface area contributed by atoms with Crippen molar-refractivity contribution in [2.75, 3.05) is 43.0 Å². The lowest BCUT2D eigenvalue weighted by atomic mass is 9.99. The Bertz CT molecular complexity index is 532. The monoisotopic (exact) mass is 345 g/mol. The Morgan fingerprint density at radius 3 is 2.64 bits per heavy atom. The second-order valence-corrected chi connectivity index (χ2v) is 7.35. The fraction of sp³-hybridized carbons (Fsp3) is 0.650. The quantitative estimate of drug-likeness (QED) is 0.746. The molecule has 0 bridgehead atoms. The Kier molecular flexibility index (Phi) is 6.70. The molecule has 1 aromatic carbocycles. The Balaban J connectivity index is 1.36. The summed E-state index contributed by atoms with van der Waals surface area (Å²) in [7, 11) is 0.